The van der Waals surface area contributed by atoms with Gasteiger partial charge in [0.15, 0.2) is 0 Å². The van der Waals surface area contributed by atoms with Crippen LogP contribution in [0.2, 0.25) is 0 Å². The maximum atomic E-state index is 3.80. The third-order valence-electron chi connectivity index (χ3n) is 3.99. The van der Waals surface area contributed by atoms with Gasteiger partial charge in [0.2, 0.25) is 0 Å². The van der Waals surface area contributed by atoms with Gasteiger partial charge in [-0.1, -0.05) is 27.2 Å². The van der Waals surface area contributed by atoms with E-state index in [4.69, 9.17) is 0 Å². The highest BCUT2D eigenvalue weighted by Crippen LogP contribution is 2.24. The van der Waals surface area contributed by atoms with Crippen molar-refractivity contribution >= 4 is 0 Å². The van der Waals surface area contributed by atoms with Gasteiger partial charge in [0.1, 0.15) is 0 Å². The molecule has 1 fully saturated rings. The molecule has 0 aromatic heterocycles. The standard InChI is InChI=1S/C14H29N/c1-5-11(2)10-13(4)15-14-8-6-12(3)7-9-14/h11-15H,5-10H2,1-4H3. The van der Waals surface area contributed by atoms with E-state index in [1.54, 1.807) is 0 Å². The van der Waals surface area contributed by atoms with E-state index in [0.717, 1.165) is 17.9 Å². The first kappa shape index (κ1) is 13.0. The summed E-state index contributed by atoms with van der Waals surface area (Å²) in [7, 11) is 0. The van der Waals surface area contributed by atoms with Gasteiger partial charge in [-0.25, -0.2) is 0 Å². The summed E-state index contributed by atoms with van der Waals surface area (Å²) < 4.78 is 0. The molecule has 0 aliphatic heterocycles. The van der Waals surface area contributed by atoms with Crippen molar-refractivity contribution in [2.75, 3.05) is 0 Å². The van der Waals surface area contributed by atoms with Crippen LogP contribution in [0.1, 0.15) is 66.2 Å². The van der Waals surface area contributed by atoms with E-state index in [1.807, 2.05) is 0 Å². The fourth-order valence-electron chi connectivity index (χ4n) is 2.67. The Labute approximate surface area is 96.0 Å². The number of rotatable bonds is 5. The van der Waals surface area contributed by atoms with Gasteiger partial charge in [-0.05, 0) is 50.9 Å². The molecule has 1 nitrogen and oxygen atoms in total. The predicted molar refractivity (Wildman–Crippen MR) is 68.1 cm³/mol. The predicted octanol–water partition coefficient (Wildman–Crippen LogP) is 3.98. The van der Waals surface area contributed by atoms with Gasteiger partial charge in [-0.15, -0.1) is 0 Å². The van der Waals surface area contributed by atoms with E-state index >= 15 is 0 Å². The Balaban J connectivity index is 2.17. The molecule has 0 aromatic carbocycles. The summed E-state index contributed by atoms with van der Waals surface area (Å²) in [5, 5.41) is 3.80. The lowest BCUT2D eigenvalue weighted by atomic mass is 9.86. The number of hydrogen-bond acceptors (Lipinski definition) is 1. The fraction of sp³-hybridized carbons (Fsp3) is 1.00. The molecular formula is C14H29N. The molecule has 1 saturated carbocycles. The van der Waals surface area contributed by atoms with Crippen molar-refractivity contribution in [1.82, 2.24) is 5.32 Å². The van der Waals surface area contributed by atoms with Crippen molar-refractivity contribution in [3.63, 3.8) is 0 Å². The van der Waals surface area contributed by atoms with E-state index in [-0.39, 0.29) is 0 Å². The molecular weight excluding hydrogens is 182 g/mol. The average Bonchev–Trinajstić information content (AvgIpc) is 2.21. The summed E-state index contributed by atoms with van der Waals surface area (Å²) in [5.74, 6) is 1.84. The van der Waals surface area contributed by atoms with E-state index in [0.29, 0.717) is 6.04 Å². The van der Waals surface area contributed by atoms with Crippen LogP contribution in [-0.2, 0) is 0 Å². The van der Waals surface area contributed by atoms with Crippen LogP contribution in [0, 0.1) is 11.8 Å². The molecule has 1 aliphatic rings. The molecule has 1 aliphatic carbocycles. The Kier molecular flexibility index (Phi) is 5.66. The molecule has 2 unspecified atom stereocenters. The molecule has 0 spiro atoms. The second-order valence-electron chi connectivity index (χ2n) is 5.77. The number of hydrogen-bond donors (Lipinski definition) is 1. The lowest BCUT2D eigenvalue weighted by Gasteiger charge is -2.30. The molecule has 0 heterocycles. The summed E-state index contributed by atoms with van der Waals surface area (Å²) in [4.78, 5) is 0. The van der Waals surface area contributed by atoms with Crippen LogP contribution in [-0.4, -0.2) is 12.1 Å². The van der Waals surface area contributed by atoms with Crippen molar-refractivity contribution < 1.29 is 0 Å². The minimum absolute atomic E-state index is 0.707. The van der Waals surface area contributed by atoms with Crippen LogP contribution >= 0.6 is 0 Å². The van der Waals surface area contributed by atoms with Crippen LogP contribution < -0.4 is 5.32 Å². The highest BCUT2D eigenvalue weighted by atomic mass is 14.9. The smallest absolute Gasteiger partial charge is 0.00697 e. The van der Waals surface area contributed by atoms with Crippen molar-refractivity contribution in [2.45, 2.75) is 78.3 Å². The van der Waals surface area contributed by atoms with E-state index in [9.17, 15) is 0 Å². The molecule has 1 heteroatoms. The van der Waals surface area contributed by atoms with Gasteiger partial charge < -0.3 is 5.32 Å². The van der Waals surface area contributed by atoms with Gasteiger partial charge in [0.05, 0.1) is 0 Å². The quantitative estimate of drug-likeness (QED) is 0.725. The van der Waals surface area contributed by atoms with Gasteiger partial charge in [0.25, 0.3) is 0 Å². The van der Waals surface area contributed by atoms with Gasteiger partial charge >= 0.3 is 0 Å². The van der Waals surface area contributed by atoms with E-state index in [1.165, 1.54) is 38.5 Å². The zero-order valence-corrected chi connectivity index (χ0v) is 11.1. The number of nitrogens with one attached hydrogen (secondary N) is 1. The first-order chi connectivity index (χ1) is 7.11. The summed E-state index contributed by atoms with van der Waals surface area (Å²) in [6, 6.07) is 1.51. The maximum Gasteiger partial charge on any atom is 0.00697 e. The van der Waals surface area contributed by atoms with Crippen molar-refractivity contribution in [3.8, 4) is 0 Å². The lowest BCUT2D eigenvalue weighted by Crippen LogP contribution is -2.39. The maximum absolute atomic E-state index is 3.80. The second-order valence-corrected chi connectivity index (χ2v) is 5.77. The summed E-state index contributed by atoms with van der Waals surface area (Å²) in [6.45, 7) is 9.39. The highest BCUT2D eigenvalue weighted by molar-refractivity contribution is 4.78. The molecule has 1 rings (SSSR count). The van der Waals surface area contributed by atoms with Gasteiger partial charge in [-0.2, -0.15) is 0 Å². The second kappa shape index (κ2) is 6.52. The Morgan fingerprint density at radius 2 is 1.73 bits per heavy atom. The third-order valence-corrected chi connectivity index (χ3v) is 3.99. The molecule has 0 aromatic rings. The summed E-state index contributed by atoms with van der Waals surface area (Å²) in [5.41, 5.74) is 0. The topological polar surface area (TPSA) is 12.0 Å². The third kappa shape index (κ3) is 5.01. The largest absolute Gasteiger partial charge is 0.311 e. The molecule has 90 valence electrons. The first-order valence-corrected chi connectivity index (χ1v) is 6.87. The molecule has 0 saturated heterocycles. The zero-order valence-electron chi connectivity index (χ0n) is 11.1. The monoisotopic (exact) mass is 211 g/mol. The van der Waals surface area contributed by atoms with Crippen molar-refractivity contribution in [2.24, 2.45) is 11.8 Å². The molecule has 1 N–H and O–H groups in total. The van der Waals surface area contributed by atoms with Crippen LogP contribution in [0.3, 0.4) is 0 Å². The minimum atomic E-state index is 0.707. The minimum Gasteiger partial charge on any atom is -0.311 e. The van der Waals surface area contributed by atoms with Crippen molar-refractivity contribution in [1.29, 1.82) is 0 Å². The summed E-state index contributed by atoms with van der Waals surface area (Å²) in [6.07, 6.45) is 8.29. The molecule has 15 heavy (non-hydrogen) atoms. The van der Waals surface area contributed by atoms with Crippen LogP contribution in [0.15, 0.2) is 0 Å². The lowest BCUT2D eigenvalue weighted by molar-refractivity contribution is 0.276. The van der Waals surface area contributed by atoms with Crippen molar-refractivity contribution in [3.05, 3.63) is 0 Å². The molecule has 2 atom stereocenters. The average molecular weight is 211 g/mol. The van der Waals surface area contributed by atoms with E-state index in [2.05, 4.69) is 33.0 Å². The Morgan fingerprint density at radius 3 is 2.27 bits per heavy atom. The van der Waals surface area contributed by atoms with Gasteiger partial charge in [-0.3, -0.25) is 0 Å². The Hall–Kier alpha value is -0.0400. The molecule has 0 amide bonds. The Morgan fingerprint density at radius 1 is 1.13 bits per heavy atom. The normalized spacial score (nSPS) is 31.2. The Bertz CT molecular complexity index is 159. The first-order valence-electron chi connectivity index (χ1n) is 6.87. The molecule has 0 radical (unpaired) electrons. The zero-order chi connectivity index (χ0) is 11.3. The highest BCUT2D eigenvalue weighted by Gasteiger charge is 2.19. The fourth-order valence-corrected chi connectivity index (χ4v) is 2.67. The van der Waals surface area contributed by atoms with Crippen LogP contribution in [0.5, 0.6) is 0 Å². The molecule has 0 bridgehead atoms. The summed E-state index contributed by atoms with van der Waals surface area (Å²) >= 11 is 0. The van der Waals surface area contributed by atoms with E-state index < -0.39 is 0 Å². The van der Waals surface area contributed by atoms with Crippen LogP contribution in [0.4, 0.5) is 0 Å². The van der Waals surface area contributed by atoms with Crippen LogP contribution in [0.25, 0.3) is 0 Å². The van der Waals surface area contributed by atoms with Gasteiger partial charge in [0, 0.05) is 12.1 Å². The SMILES string of the molecule is CCC(C)CC(C)NC1CCC(C)CC1.